The third-order valence-electron chi connectivity index (χ3n) is 2.64. The van der Waals surface area contributed by atoms with Crippen LogP contribution in [0.25, 0.3) is 11.3 Å². The maximum absolute atomic E-state index is 12.6. The van der Waals surface area contributed by atoms with Crippen LogP contribution in [-0.4, -0.2) is 9.97 Å². The molecule has 0 unspecified atom stereocenters. The fourth-order valence-electron chi connectivity index (χ4n) is 1.64. The first-order valence-electron chi connectivity index (χ1n) is 5.60. The number of aromatic amines is 1. The lowest BCUT2D eigenvalue weighted by molar-refractivity contribution is -0.137. The van der Waals surface area contributed by atoms with E-state index in [-0.39, 0.29) is 5.92 Å². The number of rotatable bonds is 2. The number of nitrogens with zero attached hydrogens (tertiary/aromatic N) is 1. The van der Waals surface area contributed by atoms with Gasteiger partial charge in [-0.1, -0.05) is 26.0 Å². The highest BCUT2D eigenvalue weighted by molar-refractivity contribution is 5.59. The zero-order valence-corrected chi connectivity index (χ0v) is 10.0. The Bertz CT molecular complexity index is 541. The number of alkyl halides is 3. The van der Waals surface area contributed by atoms with Gasteiger partial charge in [0.1, 0.15) is 5.82 Å². The molecule has 1 N–H and O–H groups in total. The molecule has 0 aliphatic heterocycles. The molecule has 0 amide bonds. The second kappa shape index (κ2) is 4.48. The van der Waals surface area contributed by atoms with Gasteiger partial charge in [-0.15, -0.1) is 0 Å². The number of H-pyrrole nitrogens is 1. The van der Waals surface area contributed by atoms with Crippen LogP contribution in [0.15, 0.2) is 30.5 Å². The highest BCUT2D eigenvalue weighted by Crippen LogP contribution is 2.31. The minimum absolute atomic E-state index is 0.213. The van der Waals surface area contributed by atoms with Gasteiger partial charge in [0.05, 0.1) is 17.5 Å². The van der Waals surface area contributed by atoms with Crippen LogP contribution in [0, 0.1) is 0 Å². The Hall–Kier alpha value is -1.78. The molecule has 5 heteroatoms. The number of benzene rings is 1. The van der Waals surface area contributed by atoms with E-state index < -0.39 is 11.7 Å². The van der Waals surface area contributed by atoms with Crippen LogP contribution >= 0.6 is 0 Å². The molecular formula is C13H13F3N2. The molecule has 0 aliphatic carbocycles. The molecule has 2 nitrogen and oxygen atoms in total. The monoisotopic (exact) mass is 254 g/mol. The number of nitrogens with one attached hydrogen (secondary N) is 1. The number of hydrogen-bond donors (Lipinski definition) is 1. The fourth-order valence-corrected chi connectivity index (χ4v) is 1.64. The molecule has 1 heterocycles. The number of hydrogen-bond acceptors (Lipinski definition) is 1. The smallest absolute Gasteiger partial charge is 0.342 e. The van der Waals surface area contributed by atoms with Gasteiger partial charge in [0.25, 0.3) is 0 Å². The van der Waals surface area contributed by atoms with Crippen molar-refractivity contribution in [2.75, 3.05) is 0 Å². The molecule has 0 fully saturated rings. The molecule has 0 spiro atoms. The second-order valence-electron chi connectivity index (χ2n) is 4.42. The lowest BCUT2D eigenvalue weighted by Crippen LogP contribution is -2.04. The Morgan fingerprint density at radius 3 is 2.50 bits per heavy atom. The maximum Gasteiger partial charge on any atom is 0.416 e. The minimum Gasteiger partial charge on any atom is -0.342 e. The van der Waals surface area contributed by atoms with Crippen LogP contribution in [0.5, 0.6) is 0 Å². The van der Waals surface area contributed by atoms with Crippen molar-refractivity contribution in [3.05, 3.63) is 41.9 Å². The Morgan fingerprint density at radius 2 is 1.94 bits per heavy atom. The lowest BCUT2D eigenvalue weighted by Gasteiger charge is -2.07. The molecule has 0 aliphatic rings. The Kier molecular flexibility index (Phi) is 3.15. The molecule has 96 valence electrons. The topological polar surface area (TPSA) is 28.7 Å². The first kappa shape index (κ1) is 12.7. The van der Waals surface area contributed by atoms with E-state index in [0.717, 1.165) is 18.0 Å². The minimum atomic E-state index is -4.32. The van der Waals surface area contributed by atoms with Gasteiger partial charge in [0, 0.05) is 11.5 Å². The van der Waals surface area contributed by atoms with Crippen molar-refractivity contribution >= 4 is 0 Å². The summed E-state index contributed by atoms with van der Waals surface area (Å²) in [6.07, 6.45) is -2.76. The van der Waals surface area contributed by atoms with Crippen LogP contribution in [0.4, 0.5) is 13.2 Å². The number of imidazole rings is 1. The number of aromatic nitrogens is 2. The predicted molar refractivity (Wildman–Crippen MR) is 63.1 cm³/mol. The van der Waals surface area contributed by atoms with E-state index in [1.54, 1.807) is 12.3 Å². The van der Waals surface area contributed by atoms with Crippen molar-refractivity contribution in [2.24, 2.45) is 0 Å². The third-order valence-corrected chi connectivity index (χ3v) is 2.64. The summed E-state index contributed by atoms with van der Waals surface area (Å²) in [5.74, 6) is 0.979. The van der Waals surface area contributed by atoms with Gasteiger partial charge in [-0.2, -0.15) is 13.2 Å². The van der Waals surface area contributed by atoms with Crippen LogP contribution in [-0.2, 0) is 6.18 Å². The van der Waals surface area contributed by atoms with Crippen molar-refractivity contribution in [3.8, 4) is 11.3 Å². The predicted octanol–water partition coefficient (Wildman–Crippen LogP) is 4.22. The van der Waals surface area contributed by atoms with E-state index >= 15 is 0 Å². The van der Waals surface area contributed by atoms with E-state index in [9.17, 15) is 13.2 Å². The van der Waals surface area contributed by atoms with E-state index in [1.807, 2.05) is 13.8 Å². The largest absolute Gasteiger partial charge is 0.416 e. The SMILES string of the molecule is CC(C)c1ncc(-c2cccc(C(F)(F)F)c2)[nH]1. The van der Waals surface area contributed by atoms with Crippen LogP contribution in [0.2, 0.25) is 0 Å². The lowest BCUT2D eigenvalue weighted by atomic mass is 10.1. The summed E-state index contributed by atoms with van der Waals surface area (Å²) in [5, 5.41) is 0. The van der Waals surface area contributed by atoms with E-state index in [2.05, 4.69) is 9.97 Å². The third kappa shape index (κ3) is 2.55. The van der Waals surface area contributed by atoms with E-state index in [1.165, 1.54) is 6.07 Å². The molecule has 0 atom stereocenters. The quantitative estimate of drug-likeness (QED) is 0.854. The van der Waals surface area contributed by atoms with E-state index in [4.69, 9.17) is 0 Å². The normalized spacial score (nSPS) is 12.1. The van der Waals surface area contributed by atoms with Crippen LogP contribution in [0.3, 0.4) is 0 Å². The van der Waals surface area contributed by atoms with Gasteiger partial charge in [-0.05, 0) is 12.1 Å². The van der Waals surface area contributed by atoms with Gasteiger partial charge in [0.2, 0.25) is 0 Å². The summed E-state index contributed by atoms with van der Waals surface area (Å²) in [7, 11) is 0. The average Bonchev–Trinajstić information content (AvgIpc) is 2.77. The molecular weight excluding hydrogens is 241 g/mol. The van der Waals surface area contributed by atoms with Crippen molar-refractivity contribution in [1.29, 1.82) is 0 Å². The van der Waals surface area contributed by atoms with Crippen molar-refractivity contribution in [3.63, 3.8) is 0 Å². The molecule has 2 aromatic rings. The average molecular weight is 254 g/mol. The van der Waals surface area contributed by atoms with Crippen LogP contribution < -0.4 is 0 Å². The van der Waals surface area contributed by atoms with Gasteiger partial charge < -0.3 is 4.98 Å². The summed E-state index contributed by atoms with van der Waals surface area (Å²) in [4.78, 5) is 7.18. The highest BCUT2D eigenvalue weighted by Gasteiger charge is 2.30. The van der Waals surface area contributed by atoms with Crippen LogP contribution in [0.1, 0.15) is 31.2 Å². The molecule has 1 aromatic heterocycles. The molecule has 0 bridgehead atoms. The second-order valence-corrected chi connectivity index (χ2v) is 4.42. The fraction of sp³-hybridized carbons (Fsp3) is 0.308. The van der Waals surface area contributed by atoms with E-state index in [0.29, 0.717) is 11.3 Å². The Balaban J connectivity index is 2.38. The maximum atomic E-state index is 12.6. The first-order chi connectivity index (χ1) is 8.38. The summed E-state index contributed by atoms with van der Waals surface area (Å²) in [5.41, 5.74) is 0.440. The van der Waals surface area contributed by atoms with Gasteiger partial charge in [0.15, 0.2) is 0 Å². The summed E-state index contributed by atoms with van der Waals surface area (Å²) < 4.78 is 37.8. The van der Waals surface area contributed by atoms with Crippen molar-refractivity contribution in [1.82, 2.24) is 9.97 Å². The molecule has 0 saturated heterocycles. The summed E-state index contributed by atoms with van der Waals surface area (Å²) >= 11 is 0. The molecule has 18 heavy (non-hydrogen) atoms. The van der Waals surface area contributed by atoms with Gasteiger partial charge in [-0.3, -0.25) is 0 Å². The zero-order chi connectivity index (χ0) is 13.3. The summed E-state index contributed by atoms with van der Waals surface area (Å²) in [6, 6.07) is 5.21. The number of halogens is 3. The first-order valence-corrected chi connectivity index (χ1v) is 5.60. The van der Waals surface area contributed by atoms with Crippen molar-refractivity contribution < 1.29 is 13.2 Å². The van der Waals surface area contributed by atoms with Crippen molar-refractivity contribution in [2.45, 2.75) is 25.9 Å². The Morgan fingerprint density at radius 1 is 1.22 bits per heavy atom. The highest BCUT2D eigenvalue weighted by atomic mass is 19.4. The molecule has 0 radical (unpaired) electrons. The molecule has 0 saturated carbocycles. The zero-order valence-electron chi connectivity index (χ0n) is 10.0. The Labute approximate surface area is 103 Å². The molecule has 2 rings (SSSR count). The van der Waals surface area contributed by atoms with Gasteiger partial charge >= 0.3 is 6.18 Å². The van der Waals surface area contributed by atoms with Gasteiger partial charge in [-0.25, -0.2) is 4.98 Å². The summed E-state index contributed by atoms with van der Waals surface area (Å²) in [6.45, 7) is 3.93. The standard InChI is InChI=1S/C13H13F3N2/c1-8(2)12-17-7-11(18-12)9-4-3-5-10(6-9)13(14,15)16/h3-8H,1-2H3,(H,17,18). The molecule has 1 aromatic carbocycles.